The Hall–Kier alpha value is -2.82. The fourth-order valence-electron chi connectivity index (χ4n) is 2.52. The van der Waals surface area contributed by atoms with Crippen molar-refractivity contribution in [3.05, 3.63) is 65.7 Å². The van der Waals surface area contributed by atoms with Crippen LogP contribution in [0.2, 0.25) is 0 Å². The van der Waals surface area contributed by atoms with Crippen LogP contribution in [0.4, 0.5) is 0 Å². The Morgan fingerprint density at radius 2 is 1.62 bits per heavy atom. The summed E-state index contributed by atoms with van der Waals surface area (Å²) in [7, 11) is 0. The van der Waals surface area contributed by atoms with Gasteiger partial charge in [0.1, 0.15) is 5.75 Å². The van der Waals surface area contributed by atoms with E-state index in [4.69, 9.17) is 0 Å². The van der Waals surface area contributed by atoms with E-state index in [-0.39, 0.29) is 23.5 Å². The number of hydrogen-bond donors (Lipinski definition) is 3. The summed E-state index contributed by atoms with van der Waals surface area (Å²) in [5, 5.41) is 9.24. The van der Waals surface area contributed by atoms with E-state index < -0.39 is 5.91 Å². The van der Waals surface area contributed by atoms with Gasteiger partial charge < -0.3 is 5.11 Å². The highest BCUT2D eigenvalue weighted by molar-refractivity contribution is 5.96. The van der Waals surface area contributed by atoms with Crippen molar-refractivity contribution in [2.24, 2.45) is 5.92 Å². The summed E-state index contributed by atoms with van der Waals surface area (Å²) >= 11 is 0. The number of phenols is 1. The molecule has 2 atom stereocenters. The van der Waals surface area contributed by atoms with Crippen molar-refractivity contribution >= 4 is 11.8 Å². The summed E-state index contributed by atoms with van der Waals surface area (Å²) in [6.07, 6.45) is 0.846. The van der Waals surface area contributed by atoms with Crippen molar-refractivity contribution in [2.45, 2.75) is 26.2 Å². The van der Waals surface area contributed by atoms with Crippen LogP contribution < -0.4 is 10.9 Å². The van der Waals surface area contributed by atoms with Gasteiger partial charge in [-0.15, -0.1) is 0 Å². The Bertz CT molecular complexity index is 684. The average molecular weight is 326 g/mol. The van der Waals surface area contributed by atoms with Gasteiger partial charge in [0.25, 0.3) is 5.91 Å². The topological polar surface area (TPSA) is 78.4 Å². The quantitative estimate of drug-likeness (QED) is 0.739. The summed E-state index contributed by atoms with van der Waals surface area (Å²) in [5.74, 6) is -0.798. The molecular formula is C19H22N2O3. The van der Waals surface area contributed by atoms with Crippen LogP contribution in [0.3, 0.4) is 0 Å². The Balaban J connectivity index is 2.05. The number of benzene rings is 2. The first-order valence-corrected chi connectivity index (χ1v) is 7.97. The molecule has 0 saturated heterocycles. The van der Waals surface area contributed by atoms with Crippen molar-refractivity contribution in [3.8, 4) is 5.75 Å². The van der Waals surface area contributed by atoms with Gasteiger partial charge in [-0.2, -0.15) is 0 Å². The van der Waals surface area contributed by atoms with Crippen LogP contribution in [0.1, 0.15) is 42.1 Å². The van der Waals surface area contributed by atoms with Gasteiger partial charge in [0.2, 0.25) is 5.91 Å². The number of amides is 2. The van der Waals surface area contributed by atoms with Crippen molar-refractivity contribution in [3.63, 3.8) is 0 Å². The highest BCUT2D eigenvalue weighted by Gasteiger charge is 2.26. The highest BCUT2D eigenvalue weighted by atomic mass is 16.3. The predicted molar refractivity (Wildman–Crippen MR) is 92.4 cm³/mol. The van der Waals surface area contributed by atoms with E-state index in [1.165, 1.54) is 24.3 Å². The molecule has 0 aliphatic carbocycles. The van der Waals surface area contributed by atoms with E-state index in [1.807, 2.05) is 44.2 Å². The summed E-state index contributed by atoms with van der Waals surface area (Å²) in [4.78, 5) is 24.6. The Morgan fingerprint density at radius 1 is 1.00 bits per heavy atom. The first-order chi connectivity index (χ1) is 11.5. The number of hydrogen-bond acceptors (Lipinski definition) is 3. The Morgan fingerprint density at radius 3 is 2.21 bits per heavy atom. The fourth-order valence-corrected chi connectivity index (χ4v) is 2.52. The molecule has 2 aromatic carbocycles. The molecule has 0 bridgehead atoms. The van der Waals surface area contributed by atoms with Gasteiger partial charge in [-0.1, -0.05) is 50.6 Å². The molecule has 2 rings (SSSR count). The summed E-state index contributed by atoms with van der Waals surface area (Å²) in [6.45, 7) is 4.04. The second-order valence-electron chi connectivity index (χ2n) is 5.76. The Labute approximate surface area is 141 Å². The smallest absolute Gasteiger partial charge is 0.269 e. The molecule has 2 amide bonds. The van der Waals surface area contributed by atoms with Crippen molar-refractivity contribution in [1.82, 2.24) is 10.9 Å². The minimum absolute atomic E-state index is 0.0801. The number of hydrazine groups is 1. The van der Waals surface area contributed by atoms with E-state index in [2.05, 4.69) is 10.9 Å². The minimum Gasteiger partial charge on any atom is -0.508 e. The van der Waals surface area contributed by atoms with Crippen LogP contribution in [-0.2, 0) is 4.79 Å². The molecule has 24 heavy (non-hydrogen) atoms. The molecule has 0 unspecified atom stereocenters. The van der Waals surface area contributed by atoms with Crippen molar-refractivity contribution in [1.29, 1.82) is 0 Å². The maximum atomic E-state index is 12.6. The van der Waals surface area contributed by atoms with Gasteiger partial charge in [0.05, 0.1) is 5.92 Å². The van der Waals surface area contributed by atoms with Crippen molar-refractivity contribution < 1.29 is 14.7 Å². The standard InChI is InChI=1S/C19H22N2O3/c1-3-13(2)17(14-7-5-4-6-8-14)19(24)21-20-18(23)15-9-11-16(22)12-10-15/h4-13,17,22H,3H2,1-2H3,(H,20,23)(H,21,24)/t13-,17-/m1/s1. The lowest BCUT2D eigenvalue weighted by molar-refractivity contribution is -0.124. The van der Waals surface area contributed by atoms with Gasteiger partial charge in [0.15, 0.2) is 0 Å². The molecule has 126 valence electrons. The summed E-state index contributed by atoms with van der Waals surface area (Å²) in [6, 6.07) is 15.3. The largest absolute Gasteiger partial charge is 0.508 e. The van der Waals surface area contributed by atoms with Gasteiger partial charge in [-0.05, 0) is 35.7 Å². The van der Waals surface area contributed by atoms with Crippen LogP contribution in [0.25, 0.3) is 0 Å². The SMILES string of the molecule is CC[C@@H](C)[C@@H](C(=O)NNC(=O)c1ccc(O)cc1)c1ccccc1. The Kier molecular flexibility index (Phi) is 5.95. The first kappa shape index (κ1) is 17.5. The van der Waals surface area contributed by atoms with Crippen molar-refractivity contribution in [2.75, 3.05) is 0 Å². The molecule has 0 aromatic heterocycles. The van der Waals surface area contributed by atoms with E-state index in [9.17, 15) is 14.7 Å². The lowest BCUT2D eigenvalue weighted by Crippen LogP contribution is -2.45. The van der Waals surface area contributed by atoms with Gasteiger partial charge in [0, 0.05) is 5.56 Å². The summed E-state index contributed by atoms with van der Waals surface area (Å²) in [5.41, 5.74) is 6.21. The second-order valence-corrected chi connectivity index (χ2v) is 5.76. The van der Waals surface area contributed by atoms with E-state index >= 15 is 0 Å². The van der Waals surface area contributed by atoms with Crippen LogP contribution in [-0.4, -0.2) is 16.9 Å². The number of nitrogens with one attached hydrogen (secondary N) is 2. The third-order valence-electron chi connectivity index (χ3n) is 4.08. The maximum absolute atomic E-state index is 12.6. The molecule has 0 fully saturated rings. The normalized spacial score (nSPS) is 12.9. The number of carbonyl (C=O) groups excluding carboxylic acids is 2. The lowest BCUT2D eigenvalue weighted by Gasteiger charge is -2.22. The third-order valence-corrected chi connectivity index (χ3v) is 4.08. The second kappa shape index (κ2) is 8.15. The summed E-state index contributed by atoms with van der Waals surface area (Å²) < 4.78 is 0. The van der Waals surface area contributed by atoms with Crippen LogP contribution >= 0.6 is 0 Å². The van der Waals surface area contributed by atoms with Crippen LogP contribution in [0, 0.1) is 5.92 Å². The molecule has 0 saturated carbocycles. The average Bonchev–Trinajstić information content (AvgIpc) is 2.61. The number of phenolic OH excluding ortho intramolecular Hbond substituents is 1. The molecule has 0 spiro atoms. The first-order valence-electron chi connectivity index (χ1n) is 7.97. The molecule has 5 nitrogen and oxygen atoms in total. The molecule has 0 aliphatic heterocycles. The predicted octanol–water partition coefficient (Wildman–Crippen LogP) is 2.98. The molecule has 0 aliphatic rings. The van der Waals surface area contributed by atoms with E-state index in [1.54, 1.807) is 0 Å². The molecule has 0 radical (unpaired) electrons. The zero-order valence-corrected chi connectivity index (χ0v) is 13.8. The zero-order valence-electron chi connectivity index (χ0n) is 13.8. The fraction of sp³-hybridized carbons (Fsp3) is 0.263. The van der Waals surface area contributed by atoms with Crippen LogP contribution in [0.15, 0.2) is 54.6 Å². The highest BCUT2D eigenvalue weighted by Crippen LogP contribution is 2.26. The van der Waals surface area contributed by atoms with Gasteiger partial charge in [-0.25, -0.2) is 0 Å². The molecule has 0 heterocycles. The monoisotopic (exact) mass is 326 g/mol. The molecule has 2 aromatic rings. The molecule has 5 heteroatoms. The molecule has 3 N–H and O–H groups in total. The van der Waals surface area contributed by atoms with Gasteiger partial charge >= 0.3 is 0 Å². The third kappa shape index (κ3) is 4.35. The van der Waals surface area contributed by atoms with Gasteiger partial charge in [-0.3, -0.25) is 20.4 Å². The minimum atomic E-state index is -0.431. The lowest BCUT2D eigenvalue weighted by atomic mass is 9.85. The number of rotatable bonds is 5. The van der Waals surface area contributed by atoms with E-state index in [0.29, 0.717) is 5.56 Å². The van der Waals surface area contributed by atoms with Crippen LogP contribution in [0.5, 0.6) is 5.75 Å². The molecular weight excluding hydrogens is 304 g/mol. The van der Waals surface area contributed by atoms with E-state index in [0.717, 1.165) is 12.0 Å². The zero-order chi connectivity index (χ0) is 17.5. The number of carbonyl (C=O) groups is 2. The number of aromatic hydroxyl groups is 1. The maximum Gasteiger partial charge on any atom is 0.269 e.